The van der Waals surface area contributed by atoms with Crippen molar-refractivity contribution >= 4 is 17.3 Å². The van der Waals surface area contributed by atoms with Crippen LogP contribution in [0.1, 0.15) is 30.0 Å². The number of nitriles is 2. The van der Waals surface area contributed by atoms with Gasteiger partial charge in [-0.25, -0.2) is 4.52 Å². The number of hydrogen-bond acceptors (Lipinski definition) is 6. The molecule has 1 saturated heterocycles. The zero-order chi connectivity index (χ0) is 22.1. The Bertz CT molecular complexity index is 1370. The predicted molar refractivity (Wildman–Crippen MR) is 122 cm³/mol. The summed E-state index contributed by atoms with van der Waals surface area (Å²) >= 11 is 1.48. The van der Waals surface area contributed by atoms with E-state index in [1.54, 1.807) is 16.8 Å². The number of fused-ring (bicyclic) bond motifs is 1. The molecule has 1 aliphatic heterocycles. The summed E-state index contributed by atoms with van der Waals surface area (Å²) in [6.45, 7) is 2.13. The second-order valence-electron chi connectivity index (χ2n) is 8.03. The molecule has 0 bridgehead atoms. The Kier molecular flexibility index (Phi) is 5.40. The van der Waals surface area contributed by atoms with Crippen LogP contribution in [0, 0.1) is 22.7 Å². The van der Waals surface area contributed by atoms with Crippen LogP contribution >= 0.6 is 11.8 Å². The number of nitrogens with zero attached hydrogens (tertiary/aromatic N) is 7. The Morgan fingerprint density at radius 3 is 2.66 bits per heavy atom. The summed E-state index contributed by atoms with van der Waals surface area (Å²) in [5.41, 5.74) is 3.83. The van der Waals surface area contributed by atoms with Gasteiger partial charge in [0.25, 0.3) is 0 Å². The lowest BCUT2D eigenvalue weighted by Crippen LogP contribution is -2.33. The highest BCUT2D eigenvalue weighted by Gasteiger charge is 2.20. The number of pyridine rings is 1. The Labute approximate surface area is 190 Å². The summed E-state index contributed by atoms with van der Waals surface area (Å²) in [7, 11) is 2.15. The van der Waals surface area contributed by atoms with Crippen LogP contribution in [-0.2, 0) is 0 Å². The summed E-state index contributed by atoms with van der Waals surface area (Å²) in [4.78, 5) is 4.07. The zero-order valence-corrected chi connectivity index (χ0v) is 18.5. The SMILES string of the molecule is CN1CCC[C@H](n2cc(-c3cc(Sc4ccccc4C#N)c4c(C#N)cnn4c3)cn2)C1. The molecule has 0 unspecified atom stereocenters. The van der Waals surface area contributed by atoms with Crippen molar-refractivity contribution in [3.8, 4) is 23.3 Å². The first kappa shape index (κ1) is 20.3. The molecule has 0 aliphatic carbocycles. The van der Waals surface area contributed by atoms with Gasteiger partial charge >= 0.3 is 0 Å². The molecule has 0 saturated carbocycles. The Hall–Kier alpha value is -3.59. The van der Waals surface area contributed by atoms with Crippen LogP contribution in [0.4, 0.5) is 0 Å². The van der Waals surface area contributed by atoms with Crippen molar-refractivity contribution in [1.29, 1.82) is 10.5 Å². The third kappa shape index (κ3) is 3.75. The number of hydrogen-bond donors (Lipinski definition) is 0. The van der Waals surface area contributed by atoms with Gasteiger partial charge in [-0.15, -0.1) is 0 Å². The van der Waals surface area contributed by atoms with Crippen molar-refractivity contribution in [3.63, 3.8) is 0 Å². The van der Waals surface area contributed by atoms with Crippen LogP contribution < -0.4 is 0 Å². The monoisotopic (exact) mass is 439 g/mol. The van der Waals surface area contributed by atoms with E-state index in [1.165, 1.54) is 18.2 Å². The van der Waals surface area contributed by atoms with E-state index in [9.17, 15) is 10.5 Å². The van der Waals surface area contributed by atoms with Crippen molar-refractivity contribution < 1.29 is 0 Å². The van der Waals surface area contributed by atoms with Crippen LogP contribution in [0.2, 0.25) is 0 Å². The summed E-state index contributed by atoms with van der Waals surface area (Å²) in [6.07, 6.45) is 9.80. The van der Waals surface area contributed by atoms with Crippen LogP contribution in [-0.4, -0.2) is 44.4 Å². The third-order valence-corrected chi connectivity index (χ3v) is 6.94. The Morgan fingerprint density at radius 2 is 1.84 bits per heavy atom. The number of piperidine rings is 1. The molecule has 1 fully saturated rings. The molecule has 0 N–H and O–H groups in total. The van der Waals surface area contributed by atoms with E-state index in [2.05, 4.69) is 51.2 Å². The molecule has 3 aromatic heterocycles. The number of likely N-dealkylation sites (tertiary alicyclic amines) is 1. The van der Waals surface area contributed by atoms with Crippen molar-refractivity contribution in [2.45, 2.75) is 28.7 Å². The number of benzene rings is 1. The molecule has 4 aromatic rings. The molecule has 1 aromatic carbocycles. The lowest BCUT2D eigenvalue weighted by molar-refractivity contribution is 0.202. The topological polar surface area (TPSA) is 85.9 Å². The molecule has 5 rings (SSSR count). The molecule has 7 nitrogen and oxygen atoms in total. The molecule has 1 aliphatic rings. The minimum Gasteiger partial charge on any atom is -0.304 e. The van der Waals surface area contributed by atoms with Crippen molar-refractivity contribution in [2.24, 2.45) is 0 Å². The van der Waals surface area contributed by atoms with Gasteiger partial charge < -0.3 is 4.90 Å². The van der Waals surface area contributed by atoms with Crippen LogP contribution in [0.25, 0.3) is 16.6 Å². The highest BCUT2D eigenvalue weighted by atomic mass is 32.2. The summed E-state index contributed by atoms with van der Waals surface area (Å²) in [5.74, 6) is 0. The second kappa shape index (κ2) is 8.51. The smallest absolute Gasteiger partial charge is 0.103 e. The molecule has 4 heterocycles. The molecule has 8 heteroatoms. The predicted octanol–water partition coefficient (Wildman–Crippen LogP) is 4.36. The first-order chi connectivity index (χ1) is 15.7. The van der Waals surface area contributed by atoms with Gasteiger partial charge in [-0.2, -0.15) is 20.7 Å². The first-order valence-electron chi connectivity index (χ1n) is 10.5. The van der Waals surface area contributed by atoms with Crippen molar-refractivity contribution in [2.75, 3.05) is 20.1 Å². The minimum absolute atomic E-state index is 0.373. The summed E-state index contributed by atoms with van der Waals surface area (Å²) < 4.78 is 3.81. The lowest BCUT2D eigenvalue weighted by atomic mass is 10.1. The van der Waals surface area contributed by atoms with Crippen LogP contribution in [0.3, 0.4) is 0 Å². The third-order valence-electron chi connectivity index (χ3n) is 5.83. The normalized spacial score (nSPS) is 16.7. The first-order valence-corrected chi connectivity index (χ1v) is 11.3. The Balaban J connectivity index is 1.57. The zero-order valence-electron chi connectivity index (χ0n) is 17.6. The van der Waals surface area contributed by atoms with Crippen molar-refractivity contribution in [3.05, 3.63) is 66.2 Å². The molecule has 0 amide bonds. The largest absolute Gasteiger partial charge is 0.304 e. The fourth-order valence-electron chi connectivity index (χ4n) is 4.21. The van der Waals surface area contributed by atoms with Gasteiger partial charge in [-0.1, -0.05) is 23.9 Å². The maximum Gasteiger partial charge on any atom is 0.103 e. The lowest BCUT2D eigenvalue weighted by Gasteiger charge is -2.29. The molecular weight excluding hydrogens is 418 g/mol. The minimum atomic E-state index is 0.373. The number of rotatable bonds is 4. The average Bonchev–Trinajstić information content (AvgIpc) is 3.47. The Morgan fingerprint density at radius 1 is 1.00 bits per heavy atom. The highest BCUT2D eigenvalue weighted by Crippen LogP contribution is 2.37. The van der Waals surface area contributed by atoms with E-state index < -0.39 is 0 Å². The van der Waals surface area contributed by atoms with Gasteiger partial charge in [0.2, 0.25) is 0 Å². The van der Waals surface area contributed by atoms with Gasteiger partial charge in [0.1, 0.15) is 12.1 Å². The van der Waals surface area contributed by atoms with E-state index in [-0.39, 0.29) is 0 Å². The molecular formula is C24H21N7S. The maximum absolute atomic E-state index is 9.59. The molecule has 158 valence electrons. The van der Waals surface area contributed by atoms with E-state index in [0.717, 1.165) is 45.9 Å². The summed E-state index contributed by atoms with van der Waals surface area (Å²) in [6, 6.07) is 14.4. The van der Waals surface area contributed by atoms with E-state index in [4.69, 9.17) is 0 Å². The van der Waals surface area contributed by atoms with Gasteiger partial charge in [0.05, 0.1) is 35.1 Å². The standard InChI is InChI=1S/C24H21N7S/c1-29-8-4-6-21(16-29)30-15-20(13-27-30)18-9-23(24-19(11-26)12-28-31(24)14-18)32-22-7-3-2-5-17(22)10-25/h2-3,5,7,9,12-15,21H,4,6,8,16H2,1H3/t21-/m0/s1. The molecule has 32 heavy (non-hydrogen) atoms. The van der Waals surface area contributed by atoms with E-state index in [1.807, 2.05) is 30.6 Å². The van der Waals surface area contributed by atoms with Crippen LogP contribution in [0.5, 0.6) is 0 Å². The summed E-state index contributed by atoms with van der Waals surface area (Å²) in [5, 5.41) is 28.1. The molecule has 1 atom stereocenters. The fourth-order valence-corrected chi connectivity index (χ4v) is 5.30. The van der Waals surface area contributed by atoms with E-state index in [0.29, 0.717) is 17.2 Å². The molecule has 0 spiro atoms. The maximum atomic E-state index is 9.59. The van der Waals surface area contributed by atoms with Crippen LogP contribution in [0.15, 0.2) is 64.9 Å². The quantitative estimate of drug-likeness (QED) is 0.470. The molecule has 0 radical (unpaired) electrons. The van der Waals surface area contributed by atoms with Gasteiger partial charge in [-0.3, -0.25) is 4.68 Å². The van der Waals surface area contributed by atoms with Gasteiger partial charge in [0, 0.05) is 39.9 Å². The average molecular weight is 440 g/mol. The van der Waals surface area contributed by atoms with E-state index >= 15 is 0 Å². The highest BCUT2D eigenvalue weighted by molar-refractivity contribution is 7.99. The number of aromatic nitrogens is 4. The van der Waals surface area contributed by atoms with Gasteiger partial charge in [-0.05, 0) is 44.6 Å². The van der Waals surface area contributed by atoms with Gasteiger partial charge in [0.15, 0.2) is 0 Å². The fraction of sp³-hybridized carbons (Fsp3) is 0.250. The number of likely N-dealkylation sites (N-methyl/N-ethyl adjacent to an activating group) is 1. The second-order valence-corrected chi connectivity index (χ2v) is 9.12. The van der Waals surface area contributed by atoms with Crippen molar-refractivity contribution in [1.82, 2.24) is 24.3 Å².